The molecule has 2 heterocycles. The first-order chi connectivity index (χ1) is 11.5. The molecule has 2 aliphatic rings. The minimum atomic E-state index is -1.99. The lowest BCUT2D eigenvalue weighted by molar-refractivity contribution is -0.340. The van der Waals surface area contributed by atoms with E-state index in [0.29, 0.717) is 13.0 Å². The monoisotopic (exact) mass is 362 g/mol. The van der Waals surface area contributed by atoms with Gasteiger partial charge in [0.2, 0.25) is 5.79 Å². The largest absolute Gasteiger partial charge is 0.433 e. The Kier molecular flexibility index (Phi) is 4.41. The van der Waals surface area contributed by atoms with Crippen LogP contribution in [-0.4, -0.2) is 32.2 Å². The van der Waals surface area contributed by atoms with Crippen LogP contribution in [0.3, 0.4) is 0 Å². The Hall–Kier alpha value is -1.17. The maximum absolute atomic E-state index is 11.9. The van der Waals surface area contributed by atoms with Gasteiger partial charge >= 0.3 is 5.97 Å². The summed E-state index contributed by atoms with van der Waals surface area (Å²) in [5.74, 6) is -1.78. The van der Waals surface area contributed by atoms with Crippen molar-refractivity contribution in [1.29, 1.82) is 0 Å². The van der Waals surface area contributed by atoms with Crippen LogP contribution < -0.4 is 0 Å². The molecule has 25 heavy (non-hydrogen) atoms. The van der Waals surface area contributed by atoms with Crippen LogP contribution >= 0.6 is 0 Å². The highest BCUT2D eigenvalue weighted by Gasteiger charge is 2.66. The molecule has 2 aliphatic heterocycles. The Labute approximate surface area is 151 Å². The van der Waals surface area contributed by atoms with E-state index in [9.17, 15) is 4.79 Å². The van der Waals surface area contributed by atoms with Crippen LogP contribution in [0.25, 0.3) is 0 Å². The summed E-state index contributed by atoms with van der Waals surface area (Å²) >= 11 is 0. The van der Waals surface area contributed by atoms with E-state index < -0.39 is 19.6 Å². The van der Waals surface area contributed by atoms with Gasteiger partial charge in [0.25, 0.3) is 0 Å². The summed E-state index contributed by atoms with van der Waals surface area (Å²) in [5, 5.41) is 0.00325. The zero-order valence-electron chi connectivity index (χ0n) is 16.2. The highest BCUT2D eigenvalue weighted by molar-refractivity contribution is 6.81. The number of benzene rings is 1. The van der Waals surface area contributed by atoms with E-state index in [-0.39, 0.29) is 16.5 Å². The van der Waals surface area contributed by atoms with Gasteiger partial charge in [0, 0.05) is 25.3 Å². The standard InChI is InChI=1S/C20H30O4Si/c1-15(21)23-20-12-13-22-19(4,24-20)14-17(20)25(5,6)18(2,3)16-10-8-7-9-11-16/h7-11,17H,12-14H2,1-6H3/t17-,19+,20+/m1/s1. The minimum Gasteiger partial charge on any atom is -0.433 e. The Bertz CT molecular complexity index is 657. The quantitative estimate of drug-likeness (QED) is 0.588. The second-order valence-electron chi connectivity index (χ2n) is 8.71. The second-order valence-corrected chi connectivity index (χ2v) is 14.1. The number of hydrogen-bond donors (Lipinski definition) is 0. The van der Waals surface area contributed by atoms with E-state index in [0.717, 1.165) is 6.42 Å². The third-order valence-corrected chi connectivity index (χ3v) is 12.5. The van der Waals surface area contributed by atoms with Gasteiger partial charge in [0.15, 0.2) is 5.79 Å². The summed E-state index contributed by atoms with van der Waals surface area (Å²) in [4.78, 5) is 11.9. The Balaban J connectivity index is 2.04. The molecule has 3 atom stereocenters. The Morgan fingerprint density at radius 3 is 2.52 bits per heavy atom. The van der Waals surface area contributed by atoms with E-state index in [1.54, 1.807) is 0 Å². The van der Waals surface area contributed by atoms with Gasteiger partial charge in [-0.05, 0) is 17.5 Å². The van der Waals surface area contributed by atoms with Crippen LogP contribution in [0.5, 0.6) is 0 Å². The fourth-order valence-corrected chi connectivity index (χ4v) is 8.61. The van der Waals surface area contributed by atoms with E-state index in [2.05, 4.69) is 57.3 Å². The molecular weight excluding hydrogens is 332 g/mol. The molecule has 3 rings (SSSR count). The molecule has 0 N–H and O–H groups in total. The molecule has 138 valence electrons. The van der Waals surface area contributed by atoms with Crippen LogP contribution in [0, 0.1) is 0 Å². The van der Waals surface area contributed by atoms with E-state index >= 15 is 0 Å². The van der Waals surface area contributed by atoms with E-state index in [1.165, 1.54) is 12.5 Å². The molecule has 0 spiro atoms. The molecule has 2 fully saturated rings. The minimum absolute atomic E-state index is 0.00325. The lowest BCUT2D eigenvalue weighted by Gasteiger charge is -2.49. The maximum Gasteiger partial charge on any atom is 0.305 e. The van der Waals surface area contributed by atoms with Crippen molar-refractivity contribution in [2.45, 2.75) is 75.8 Å². The zero-order valence-corrected chi connectivity index (χ0v) is 17.2. The first-order valence-corrected chi connectivity index (χ1v) is 12.2. The summed E-state index contributed by atoms with van der Waals surface area (Å²) in [5.41, 5.74) is 1.50. The fraction of sp³-hybridized carbons (Fsp3) is 0.650. The van der Waals surface area contributed by atoms with Crippen LogP contribution in [0.2, 0.25) is 18.6 Å². The van der Waals surface area contributed by atoms with Gasteiger partial charge in [-0.2, -0.15) is 0 Å². The predicted molar refractivity (Wildman–Crippen MR) is 99.9 cm³/mol. The molecule has 1 aromatic rings. The topological polar surface area (TPSA) is 44.8 Å². The van der Waals surface area contributed by atoms with Crippen molar-refractivity contribution in [3.8, 4) is 0 Å². The highest BCUT2D eigenvalue weighted by Crippen LogP contribution is 2.59. The molecule has 0 amide bonds. The maximum atomic E-state index is 11.9. The molecule has 1 aromatic carbocycles. The summed E-state index contributed by atoms with van der Waals surface area (Å²) < 4.78 is 18.1. The van der Waals surface area contributed by atoms with Gasteiger partial charge in [-0.15, -0.1) is 0 Å². The molecule has 2 bridgehead atoms. The smallest absolute Gasteiger partial charge is 0.305 e. The van der Waals surface area contributed by atoms with Gasteiger partial charge in [0.1, 0.15) is 0 Å². The van der Waals surface area contributed by atoms with Crippen LogP contribution in [0.4, 0.5) is 0 Å². The van der Waals surface area contributed by atoms with Crippen LogP contribution in [0.1, 0.15) is 46.1 Å². The number of rotatable bonds is 4. The van der Waals surface area contributed by atoms with Crippen LogP contribution in [0.15, 0.2) is 30.3 Å². The molecule has 0 saturated carbocycles. The van der Waals surface area contributed by atoms with Crippen molar-refractivity contribution in [2.24, 2.45) is 0 Å². The molecule has 4 nitrogen and oxygen atoms in total. The number of carbonyl (C=O) groups excluding carboxylic acids is 1. The average molecular weight is 363 g/mol. The lowest BCUT2D eigenvalue weighted by Crippen LogP contribution is -2.58. The van der Waals surface area contributed by atoms with Crippen LogP contribution in [-0.2, 0) is 24.0 Å². The predicted octanol–water partition coefficient (Wildman–Crippen LogP) is 4.40. The lowest BCUT2D eigenvalue weighted by atomic mass is 10.0. The van der Waals surface area contributed by atoms with Crippen molar-refractivity contribution in [3.63, 3.8) is 0 Å². The second kappa shape index (κ2) is 5.93. The number of esters is 1. The molecule has 0 aromatic heterocycles. The van der Waals surface area contributed by atoms with Crippen molar-refractivity contribution in [1.82, 2.24) is 0 Å². The molecule has 2 saturated heterocycles. The van der Waals surface area contributed by atoms with Crippen molar-refractivity contribution < 1.29 is 19.0 Å². The number of fused-ring (bicyclic) bond motifs is 2. The van der Waals surface area contributed by atoms with Gasteiger partial charge < -0.3 is 14.2 Å². The third kappa shape index (κ3) is 2.96. The summed E-state index contributed by atoms with van der Waals surface area (Å²) in [6.07, 6.45) is 1.38. The molecule has 5 heteroatoms. The van der Waals surface area contributed by atoms with Gasteiger partial charge in [0.05, 0.1) is 14.7 Å². The Morgan fingerprint density at radius 2 is 1.92 bits per heavy atom. The molecule has 0 unspecified atom stereocenters. The first kappa shape index (κ1) is 18.6. The average Bonchev–Trinajstić information content (AvgIpc) is 2.73. The molecular formula is C20H30O4Si. The normalized spacial score (nSPS) is 32.5. The summed E-state index contributed by atoms with van der Waals surface area (Å²) in [6.45, 7) is 13.4. The van der Waals surface area contributed by atoms with Crippen molar-refractivity contribution in [3.05, 3.63) is 35.9 Å². The third-order valence-electron chi connectivity index (χ3n) is 6.65. The SMILES string of the molecule is CC(=O)O[C@]12CCO[C@](C)(C[C@H]1[Si](C)(C)C(C)(C)c1ccccc1)O2. The Morgan fingerprint density at radius 1 is 1.28 bits per heavy atom. The fourth-order valence-electron chi connectivity index (χ4n) is 4.58. The molecule has 0 radical (unpaired) electrons. The van der Waals surface area contributed by atoms with E-state index in [1.807, 2.05) is 6.92 Å². The zero-order chi connectivity index (χ0) is 18.5. The molecule has 0 aliphatic carbocycles. The van der Waals surface area contributed by atoms with Crippen molar-refractivity contribution >= 4 is 14.0 Å². The van der Waals surface area contributed by atoms with Crippen molar-refractivity contribution in [2.75, 3.05) is 6.61 Å². The summed E-state index contributed by atoms with van der Waals surface area (Å²) in [7, 11) is -1.99. The highest BCUT2D eigenvalue weighted by atomic mass is 28.3. The van der Waals surface area contributed by atoms with E-state index in [4.69, 9.17) is 14.2 Å². The summed E-state index contributed by atoms with van der Waals surface area (Å²) in [6, 6.07) is 10.6. The van der Waals surface area contributed by atoms with Gasteiger partial charge in [-0.3, -0.25) is 4.79 Å². The van der Waals surface area contributed by atoms with Gasteiger partial charge in [-0.1, -0.05) is 57.3 Å². The number of ether oxygens (including phenoxy) is 3. The van der Waals surface area contributed by atoms with Gasteiger partial charge in [-0.25, -0.2) is 0 Å². The number of hydrogen-bond acceptors (Lipinski definition) is 4. The first-order valence-electron chi connectivity index (χ1n) is 9.12. The number of carbonyl (C=O) groups is 1.